The van der Waals surface area contributed by atoms with Crippen molar-refractivity contribution >= 4 is 45.2 Å². The summed E-state index contributed by atoms with van der Waals surface area (Å²) in [7, 11) is 0. The Labute approximate surface area is 128 Å². The lowest BCUT2D eigenvalue weighted by Gasteiger charge is -2.22. The van der Waals surface area contributed by atoms with Crippen molar-refractivity contribution in [2.24, 2.45) is 0 Å². The van der Waals surface area contributed by atoms with Crippen LogP contribution in [0.25, 0.3) is 0 Å². The van der Waals surface area contributed by atoms with Crippen LogP contribution in [0.5, 0.6) is 0 Å². The molecule has 1 aliphatic rings. The van der Waals surface area contributed by atoms with Gasteiger partial charge in [-0.25, -0.2) is 9.59 Å². The fourth-order valence-corrected chi connectivity index (χ4v) is 2.57. The number of likely N-dealkylation sites (tertiary alicyclic amines) is 1. The first-order valence-electron chi connectivity index (χ1n) is 5.82. The summed E-state index contributed by atoms with van der Waals surface area (Å²) in [6, 6.07) is 3.26. The van der Waals surface area contributed by atoms with E-state index in [9.17, 15) is 14.7 Å². The molecule has 6 nitrogen and oxygen atoms in total. The number of aliphatic hydroxyl groups is 1. The number of carboxylic acids is 1. The molecule has 1 aromatic carbocycles. The molecule has 3 N–H and O–H groups in total. The molecule has 108 valence electrons. The van der Waals surface area contributed by atoms with Gasteiger partial charge in [-0.15, -0.1) is 0 Å². The Morgan fingerprint density at radius 1 is 1.45 bits per heavy atom. The summed E-state index contributed by atoms with van der Waals surface area (Å²) in [5, 5.41) is 21.6. The number of urea groups is 1. The van der Waals surface area contributed by atoms with Crippen molar-refractivity contribution in [3.05, 3.63) is 27.7 Å². The number of hydrogen-bond acceptors (Lipinski definition) is 3. The Kier molecular flexibility index (Phi) is 4.52. The van der Waals surface area contributed by atoms with Gasteiger partial charge in [-0.2, -0.15) is 0 Å². The number of carboxylic acid groups (broad SMARTS) is 1. The second kappa shape index (κ2) is 5.99. The molecule has 1 aromatic rings. The first-order valence-corrected chi connectivity index (χ1v) is 6.99. The van der Waals surface area contributed by atoms with Crippen LogP contribution in [0.4, 0.5) is 10.5 Å². The molecule has 0 spiro atoms. The van der Waals surface area contributed by atoms with E-state index < -0.39 is 24.1 Å². The van der Waals surface area contributed by atoms with Crippen LogP contribution in [-0.4, -0.2) is 45.8 Å². The third-order valence-corrected chi connectivity index (χ3v) is 3.92. The lowest BCUT2D eigenvalue weighted by molar-refractivity contribution is -0.141. The Bertz CT molecular complexity index is 554. The van der Waals surface area contributed by atoms with Gasteiger partial charge in [0.05, 0.1) is 11.8 Å². The lowest BCUT2D eigenvalue weighted by atomic mass is 10.2. The zero-order valence-electron chi connectivity index (χ0n) is 10.2. The zero-order chi connectivity index (χ0) is 14.9. The smallest absolute Gasteiger partial charge is 0.326 e. The number of anilines is 1. The number of hydrogen-bond donors (Lipinski definition) is 3. The molecule has 2 rings (SSSR count). The summed E-state index contributed by atoms with van der Waals surface area (Å²) < 4.78 is 0.627. The predicted octanol–water partition coefficient (Wildman–Crippen LogP) is 2.15. The number of amides is 2. The average Bonchev–Trinajstić information content (AvgIpc) is 2.76. The molecule has 2 atom stereocenters. The molecule has 1 aliphatic heterocycles. The van der Waals surface area contributed by atoms with E-state index in [0.29, 0.717) is 15.2 Å². The normalized spacial score (nSPS) is 21.9. The molecular weight excluding hydrogens is 351 g/mol. The molecule has 0 aromatic heterocycles. The highest BCUT2D eigenvalue weighted by Crippen LogP contribution is 2.27. The maximum atomic E-state index is 12.1. The number of carbonyl (C=O) groups excluding carboxylic acids is 1. The number of aliphatic carboxylic acids is 1. The number of nitrogens with one attached hydrogen (secondary N) is 1. The number of benzene rings is 1. The minimum Gasteiger partial charge on any atom is -0.480 e. The van der Waals surface area contributed by atoms with Crippen molar-refractivity contribution in [1.29, 1.82) is 0 Å². The standard InChI is InChI=1S/C12H12BrClN2O4/c13-8-2-1-6(14)3-9(8)15-12(20)16-5-7(17)4-10(16)11(18)19/h1-3,7,10,17H,4-5H2,(H,15,20)(H,18,19)/t7?,10-/m0/s1. The number of aliphatic hydroxyl groups excluding tert-OH is 1. The van der Waals surface area contributed by atoms with Gasteiger partial charge in [-0.05, 0) is 34.1 Å². The van der Waals surface area contributed by atoms with Gasteiger partial charge in [-0.1, -0.05) is 11.6 Å². The van der Waals surface area contributed by atoms with Crippen LogP contribution in [0, 0.1) is 0 Å². The molecule has 1 fully saturated rings. The molecule has 0 aliphatic carbocycles. The minimum atomic E-state index is -1.14. The Hall–Kier alpha value is -1.31. The molecule has 1 unspecified atom stereocenters. The number of β-amino-alcohol motifs (C(OH)–C–C–N with tert-alkyl or cyclic N) is 1. The Balaban J connectivity index is 2.15. The molecule has 20 heavy (non-hydrogen) atoms. The third-order valence-electron chi connectivity index (χ3n) is 2.99. The highest BCUT2D eigenvalue weighted by atomic mass is 79.9. The maximum Gasteiger partial charge on any atom is 0.326 e. The SMILES string of the molecule is O=C(O)[C@@H]1CC(O)CN1C(=O)Nc1cc(Cl)ccc1Br. The van der Waals surface area contributed by atoms with E-state index in [0.717, 1.165) is 4.90 Å². The number of nitrogens with zero attached hydrogens (tertiary/aromatic N) is 1. The molecule has 0 bridgehead atoms. The molecular formula is C12H12BrClN2O4. The van der Waals surface area contributed by atoms with Crippen molar-refractivity contribution in [2.45, 2.75) is 18.6 Å². The summed E-state index contributed by atoms with van der Waals surface area (Å²) in [6.45, 7) is -0.0129. The van der Waals surface area contributed by atoms with Gasteiger partial charge >= 0.3 is 12.0 Å². The van der Waals surface area contributed by atoms with Gasteiger partial charge in [0.25, 0.3) is 0 Å². The van der Waals surface area contributed by atoms with Gasteiger partial charge in [0.15, 0.2) is 0 Å². The summed E-state index contributed by atoms with van der Waals surface area (Å²) >= 11 is 9.11. The summed E-state index contributed by atoms with van der Waals surface area (Å²) in [5.74, 6) is -1.14. The maximum absolute atomic E-state index is 12.1. The number of carbonyl (C=O) groups is 2. The van der Waals surface area contributed by atoms with Gasteiger partial charge in [0.1, 0.15) is 6.04 Å². The van der Waals surface area contributed by atoms with Crippen LogP contribution in [0.1, 0.15) is 6.42 Å². The summed E-state index contributed by atoms with van der Waals surface area (Å²) in [6.07, 6.45) is -0.802. The van der Waals surface area contributed by atoms with E-state index >= 15 is 0 Å². The van der Waals surface area contributed by atoms with Crippen LogP contribution in [-0.2, 0) is 4.79 Å². The number of rotatable bonds is 2. The Morgan fingerprint density at radius 2 is 2.15 bits per heavy atom. The molecule has 1 saturated heterocycles. The van der Waals surface area contributed by atoms with E-state index in [1.807, 2.05) is 0 Å². The second-order valence-electron chi connectivity index (χ2n) is 4.45. The van der Waals surface area contributed by atoms with Crippen molar-refractivity contribution in [1.82, 2.24) is 4.90 Å². The van der Waals surface area contributed by atoms with E-state index in [-0.39, 0.29) is 13.0 Å². The van der Waals surface area contributed by atoms with Crippen molar-refractivity contribution in [2.75, 3.05) is 11.9 Å². The topological polar surface area (TPSA) is 89.9 Å². The highest BCUT2D eigenvalue weighted by molar-refractivity contribution is 9.10. The summed E-state index contributed by atoms with van der Waals surface area (Å²) in [4.78, 5) is 24.3. The van der Waals surface area contributed by atoms with Gasteiger partial charge < -0.3 is 20.4 Å². The van der Waals surface area contributed by atoms with E-state index in [2.05, 4.69) is 21.2 Å². The van der Waals surface area contributed by atoms with Crippen molar-refractivity contribution < 1.29 is 19.8 Å². The largest absolute Gasteiger partial charge is 0.480 e. The zero-order valence-corrected chi connectivity index (χ0v) is 12.6. The monoisotopic (exact) mass is 362 g/mol. The minimum absolute atomic E-state index is 0.0129. The first-order chi connectivity index (χ1) is 9.38. The highest BCUT2D eigenvalue weighted by Gasteiger charge is 2.39. The van der Waals surface area contributed by atoms with Crippen LogP contribution in [0.2, 0.25) is 5.02 Å². The third kappa shape index (κ3) is 3.23. The molecule has 1 heterocycles. The molecule has 8 heteroatoms. The van der Waals surface area contributed by atoms with Gasteiger partial charge in [0.2, 0.25) is 0 Å². The van der Waals surface area contributed by atoms with E-state index in [4.69, 9.17) is 16.7 Å². The van der Waals surface area contributed by atoms with Crippen molar-refractivity contribution in [3.8, 4) is 0 Å². The number of halogens is 2. The van der Waals surface area contributed by atoms with E-state index in [1.54, 1.807) is 18.2 Å². The molecule has 0 saturated carbocycles. The fraction of sp³-hybridized carbons (Fsp3) is 0.333. The van der Waals surface area contributed by atoms with Crippen LogP contribution < -0.4 is 5.32 Å². The molecule has 2 amide bonds. The summed E-state index contributed by atoms with van der Waals surface area (Å²) in [5.41, 5.74) is 0.438. The van der Waals surface area contributed by atoms with E-state index in [1.165, 1.54) is 0 Å². The van der Waals surface area contributed by atoms with Crippen LogP contribution in [0.15, 0.2) is 22.7 Å². The van der Waals surface area contributed by atoms with Gasteiger partial charge in [-0.3, -0.25) is 0 Å². The van der Waals surface area contributed by atoms with Crippen LogP contribution in [0.3, 0.4) is 0 Å². The van der Waals surface area contributed by atoms with Crippen LogP contribution >= 0.6 is 27.5 Å². The Morgan fingerprint density at radius 3 is 2.80 bits per heavy atom. The predicted molar refractivity (Wildman–Crippen MR) is 76.9 cm³/mol. The second-order valence-corrected chi connectivity index (χ2v) is 5.74. The molecule has 0 radical (unpaired) electrons. The first kappa shape index (κ1) is 15.1. The lowest BCUT2D eigenvalue weighted by Crippen LogP contribution is -2.43. The van der Waals surface area contributed by atoms with Crippen molar-refractivity contribution in [3.63, 3.8) is 0 Å². The quantitative estimate of drug-likeness (QED) is 0.751. The fourth-order valence-electron chi connectivity index (χ4n) is 2.05. The van der Waals surface area contributed by atoms with Gasteiger partial charge in [0, 0.05) is 22.5 Å². The average molecular weight is 364 g/mol.